The van der Waals surface area contributed by atoms with Gasteiger partial charge < -0.3 is 10.2 Å². The van der Waals surface area contributed by atoms with E-state index in [-0.39, 0.29) is 23.0 Å². The SMILES string of the molecule is O=C(NCCCN1CCC2(CC1)Cc1ccccc1C2=O)C(c1ccc(F)cc1)c1ccc(F)cc1. The topological polar surface area (TPSA) is 49.4 Å². The van der Waals surface area contributed by atoms with Gasteiger partial charge in [-0.05, 0) is 86.3 Å². The van der Waals surface area contributed by atoms with Gasteiger partial charge in [0.05, 0.1) is 5.92 Å². The lowest BCUT2D eigenvalue weighted by atomic mass is 9.75. The van der Waals surface area contributed by atoms with Crippen LogP contribution in [0.2, 0.25) is 0 Å². The van der Waals surface area contributed by atoms with Crippen LogP contribution in [-0.2, 0) is 11.2 Å². The summed E-state index contributed by atoms with van der Waals surface area (Å²) in [7, 11) is 0. The summed E-state index contributed by atoms with van der Waals surface area (Å²) < 4.78 is 26.9. The summed E-state index contributed by atoms with van der Waals surface area (Å²) in [5.74, 6) is -1.28. The van der Waals surface area contributed by atoms with E-state index in [0.29, 0.717) is 23.5 Å². The molecule has 1 N–H and O–H groups in total. The zero-order chi connectivity index (χ0) is 25.1. The standard InChI is InChI=1S/C30H30F2N2O2/c31-24-10-6-21(7-11-24)27(22-8-12-25(32)13-9-22)29(36)33-16-3-17-34-18-14-30(15-19-34)20-23-4-1-2-5-26(23)28(30)35/h1-2,4-13,27H,3,14-20H2,(H,33,36). The number of rotatable bonds is 7. The minimum atomic E-state index is -0.643. The van der Waals surface area contributed by atoms with Crippen LogP contribution in [0.25, 0.3) is 0 Å². The van der Waals surface area contributed by atoms with Gasteiger partial charge in [0.15, 0.2) is 5.78 Å². The number of carbonyl (C=O) groups excluding carboxylic acids is 2. The lowest BCUT2D eigenvalue weighted by Gasteiger charge is -2.38. The first-order valence-electron chi connectivity index (χ1n) is 12.6. The van der Waals surface area contributed by atoms with Gasteiger partial charge in [0.1, 0.15) is 11.6 Å². The average molecular weight is 489 g/mol. The summed E-state index contributed by atoms with van der Waals surface area (Å²) in [6.45, 7) is 3.10. The summed E-state index contributed by atoms with van der Waals surface area (Å²) in [6.07, 6.45) is 3.36. The molecule has 1 aliphatic carbocycles. The van der Waals surface area contributed by atoms with Crippen LogP contribution in [0.4, 0.5) is 8.78 Å². The molecule has 1 spiro atoms. The van der Waals surface area contributed by atoms with Crippen LogP contribution >= 0.6 is 0 Å². The molecule has 1 fully saturated rings. The third-order valence-electron chi connectivity index (χ3n) is 7.70. The Morgan fingerprint density at radius 2 is 1.47 bits per heavy atom. The fourth-order valence-corrected chi connectivity index (χ4v) is 5.66. The lowest BCUT2D eigenvalue weighted by Crippen LogP contribution is -2.44. The smallest absolute Gasteiger partial charge is 0.232 e. The van der Waals surface area contributed by atoms with E-state index in [1.165, 1.54) is 29.8 Å². The van der Waals surface area contributed by atoms with Crippen molar-refractivity contribution >= 4 is 11.7 Å². The van der Waals surface area contributed by atoms with Crippen molar-refractivity contribution in [2.75, 3.05) is 26.2 Å². The first kappa shape index (κ1) is 24.3. The van der Waals surface area contributed by atoms with Gasteiger partial charge in [0, 0.05) is 17.5 Å². The summed E-state index contributed by atoms with van der Waals surface area (Å²) in [5, 5.41) is 3.01. The molecule has 1 saturated heterocycles. The summed E-state index contributed by atoms with van der Waals surface area (Å²) in [6, 6.07) is 19.7. The number of carbonyl (C=O) groups is 2. The number of benzene rings is 3. The van der Waals surface area contributed by atoms with Crippen LogP contribution in [-0.4, -0.2) is 42.8 Å². The van der Waals surface area contributed by atoms with Crippen molar-refractivity contribution < 1.29 is 18.4 Å². The highest BCUT2D eigenvalue weighted by Crippen LogP contribution is 2.44. The van der Waals surface area contributed by atoms with Gasteiger partial charge in [-0.2, -0.15) is 0 Å². The van der Waals surface area contributed by atoms with Gasteiger partial charge >= 0.3 is 0 Å². The van der Waals surface area contributed by atoms with E-state index in [9.17, 15) is 18.4 Å². The number of ketones is 1. The molecule has 5 rings (SSSR count). The number of amides is 1. The molecule has 0 saturated carbocycles. The van der Waals surface area contributed by atoms with Crippen molar-refractivity contribution in [2.24, 2.45) is 5.41 Å². The number of hydrogen-bond donors (Lipinski definition) is 1. The van der Waals surface area contributed by atoms with Crippen molar-refractivity contribution in [3.63, 3.8) is 0 Å². The number of nitrogens with one attached hydrogen (secondary N) is 1. The van der Waals surface area contributed by atoms with Gasteiger partial charge in [0.2, 0.25) is 5.91 Å². The highest BCUT2D eigenvalue weighted by molar-refractivity contribution is 6.05. The first-order valence-corrected chi connectivity index (χ1v) is 12.6. The van der Waals surface area contributed by atoms with Crippen molar-refractivity contribution in [1.82, 2.24) is 10.2 Å². The average Bonchev–Trinajstić information content (AvgIpc) is 3.16. The van der Waals surface area contributed by atoms with Gasteiger partial charge in [-0.15, -0.1) is 0 Å². The van der Waals surface area contributed by atoms with Gasteiger partial charge in [-0.25, -0.2) is 8.78 Å². The second kappa shape index (κ2) is 10.3. The Morgan fingerprint density at radius 1 is 0.889 bits per heavy atom. The van der Waals surface area contributed by atoms with Crippen LogP contribution in [0, 0.1) is 17.0 Å². The predicted molar refractivity (Wildman–Crippen MR) is 135 cm³/mol. The number of hydrogen-bond acceptors (Lipinski definition) is 3. The number of nitrogens with zero attached hydrogens (tertiary/aromatic N) is 1. The van der Waals surface area contributed by atoms with E-state index in [1.807, 2.05) is 18.2 Å². The molecule has 2 aliphatic rings. The predicted octanol–water partition coefficient (Wildman–Crippen LogP) is 5.12. The molecule has 1 aliphatic heterocycles. The van der Waals surface area contributed by atoms with Crippen molar-refractivity contribution in [2.45, 2.75) is 31.6 Å². The molecule has 1 heterocycles. The van der Waals surface area contributed by atoms with E-state index in [1.54, 1.807) is 24.3 Å². The van der Waals surface area contributed by atoms with E-state index >= 15 is 0 Å². The van der Waals surface area contributed by atoms with E-state index in [2.05, 4.69) is 16.3 Å². The van der Waals surface area contributed by atoms with E-state index in [0.717, 1.165) is 50.9 Å². The van der Waals surface area contributed by atoms with E-state index < -0.39 is 5.92 Å². The van der Waals surface area contributed by atoms with Gasteiger partial charge in [-0.1, -0.05) is 48.5 Å². The monoisotopic (exact) mass is 488 g/mol. The first-order chi connectivity index (χ1) is 17.4. The highest BCUT2D eigenvalue weighted by atomic mass is 19.1. The van der Waals surface area contributed by atoms with Gasteiger partial charge in [0.25, 0.3) is 0 Å². The van der Waals surface area contributed by atoms with Crippen LogP contribution in [0.1, 0.15) is 52.2 Å². The highest BCUT2D eigenvalue weighted by Gasteiger charge is 2.46. The van der Waals surface area contributed by atoms with Crippen LogP contribution < -0.4 is 5.32 Å². The molecule has 1 amide bonds. The van der Waals surface area contributed by atoms with E-state index in [4.69, 9.17) is 0 Å². The number of halogens is 2. The number of piperidine rings is 1. The summed E-state index contributed by atoms with van der Waals surface area (Å²) in [5.41, 5.74) is 3.14. The maximum atomic E-state index is 13.4. The normalized spacial score (nSPS) is 16.9. The molecular formula is C30H30F2N2O2. The van der Waals surface area contributed by atoms with Crippen molar-refractivity contribution in [1.29, 1.82) is 0 Å². The lowest BCUT2D eigenvalue weighted by molar-refractivity contribution is -0.121. The molecule has 0 atom stereocenters. The molecule has 4 nitrogen and oxygen atoms in total. The number of Topliss-reactive ketones (excluding diaryl/α,β-unsaturated/α-hetero) is 1. The van der Waals surface area contributed by atoms with Crippen molar-refractivity contribution in [3.05, 3.63) is 107 Å². The molecule has 3 aromatic carbocycles. The fourth-order valence-electron chi connectivity index (χ4n) is 5.66. The zero-order valence-electron chi connectivity index (χ0n) is 20.2. The minimum Gasteiger partial charge on any atom is -0.355 e. The maximum Gasteiger partial charge on any atom is 0.232 e. The Morgan fingerprint density at radius 3 is 2.06 bits per heavy atom. The van der Waals surface area contributed by atoms with Gasteiger partial charge in [-0.3, -0.25) is 9.59 Å². The Bertz CT molecular complexity index is 1190. The molecule has 0 aromatic heterocycles. The van der Waals surface area contributed by atoms with Crippen molar-refractivity contribution in [3.8, 4) is 0 Å². The quantitative estimate of drug-likeness (QED) is 0.470. The van der Waals surface area contributed by atoms with Crippen LogP contribution in [0.5, 0.6) is 0 Å². The van der Waals surface area contributed by atoms with Crippen LogP contribution in [0.15, 0.2) is 72.8 Å². The van der Waals surface area contributed by atoms with Crippen LogP contribution in [0.3, 0.4) is 0 Å². The molecule has 3 aromatic rings. The second-order valence-electron chi connectivity index (χ2n) is 9.97. The second-order valence-corrected chi connectivity index (χ2v) is 9.97. The summed E-state index contributed by atoms with van der Waals surface area (Å²) in [4.78, 5) is 28.5. The fraction of sp³-hybridized carbons (Fsp3) is 0.333. The summed E-state index contributed by atoms with van der Waals surface area (Å²) >= 11 is 0. The maximum absolute atomic E-state index is 13.4. The Labute approximate surface area is 210 Å². The molecule has 0 radical (unpaired) electrons. The minimum absolute atomic E-state index is 0.194. The third kappa shape index (κ3) is 4.96. The molecule has 36 heavy (non-hydrogen) atoms. The zero-order valence-corrected chi connectivity index (χ0v) is 20.2. The molecule has 186 valence electrons. The Balaban J connectivity index is 1.14. The number of fused-ring (bicyclic) bond motifs is 1. The molecule has 0 unspecified atom stereocenters. The number of likely N-dealkylation sites (tertiary alicyclic amines) is 1. The largest absolute Gasteiger partial charge is 0.355 e. The molecule has 0 bridgehead atoms. The molecular weight excluding hydrogens is 458 g/mol. The Kier molecular flexibility index (Phi) is 6.97. The third-order valence-corrected chi connectivity index (χ3v) is 7.70. The Hall–Kier alpha value is -3.38. The molecule has 6 heteroatoms.